The van der Waals surface area contributed by atoms with E-state index in [9.17, 15) is 9.18 Å². The van der Waals surface area contributed by atoms with Gasteiger partial charge in [0.15, 0.2) is 0 Å². The predicted octanol–water partition coefficient (Wildman–Crippen LogP) is 2.07. The molecule has 0 aliphatic heterocycles. The molecule has 1 amide bonds. The van der Waals surface area contributed by atoms with Crippen LogP contribution in [0, 0.1) is 18.2 Å². The molecule has 1 aliphatic rings. The Hall–Kier alpha value is -1.42. The summed E-state index contributed by atoms with van der Waals surface area (Å²) in [7, 11) is 1.84. The lowest BCUT2D eigenvalue weighted by Gasteiger charge is -2.15. The van der Waals surface area contributed by atoms with Crippen molar-refractivity contribution in [3.63, 3.8) is 0 Å². The van der Waals surface area contributed by atoms with Crippen LogP contribution in [0.25, 0.3) is 0 Å². The molecular formula is C13H17FN2O. The molecule has 2 N–H and O–H groups in total. The average molecular weight is 236 g/mol. The number of hydrogen-bond donors (Lipinski definition) is 2. The Bertz CT molecular complexity index is 441. The minimum atomic E-state index is -0.253. The third-order valence-corrected chi connectivity index (χ3v) is 3.27. The Balaban J connectivity index is 2.06. The number of hydrogen-bond acceptors (Lipinski definition) is 2. The maximum absolute atomic E-state index is 13.1. The van der Waals surface area contributed by atoms with Gasteiger partial charge in [0.25, 0.3) is 0 Å². The van der Waals surface area contributed by atoms with Gasteiger partial charge >= 0.3 is 0 Å². The standard InChI is InChI=1S/C13H17FN2O/c1-9-7-10(3-4-11(9)14)16-12(17)13(5-6-13)8-15-2/h3-4,7,15H,5-6,8H2,1-2H3,(H,16,17). The van der Waals surface area contributed by atoms with E-state index in [-0.39, 0.29) is 17.1 Å². The highest BCUT2D eigenvalue weighted by Crippen LogP contribution is 2.45. The molecule has 3 nitrogen and oxygen atoms in total. The molecule has 0 bridgehead atoms. The van der Waals surface area contributed by atoms with E-state index in [4.69, 9.17) is 0 Å². The number of aryl methyl sites for hydroxylation is 1. The van der Waals surface area contributed by atoms with E-state index in [1.165, 1.54) is 6.07 Å². The Morgan fingerprint density at radius 1 is 1.47 bits per heavy atom. The number of carbonyl (C=O) groups is 1. The van der Waals surface area contributed by atoms with E-state index in [2.05, 4.69) is 10.6 Å². The number of amides is 1. The molecular weight excluding hydrogens is 219 g/mol. The maximum Gasteiger partial charge on any atom is 0.231 e. The van der Waals surface area contributed by atoms with Crippen molar-refractivity contribution in [2.75, 3.05) is 18.9 Å². The van der Waals surface area contributed by atoms with E-state index in [0.29, 0.717) is 17.8 Å². The van der Waals surface area contributed by atoms with Crippen LogP contribution in [0.2, 0.25) is 0 Å². The van der Waals surface area contributed by atoms with E-state index in [0.717, 1.165) is 12.8 Å². The first-order valence-electron chi connectivity index (χ1n) is 5.80. The number of rotatable bonds is 4. The molecule has 0 saturated heterocycles. The fourth-order valence-corrected chi connectivity index (χ4v) is 1.96. The summed E-state index contributed by atoms with van der Waals surface area (Å²) in [6.45, 7) is 2.38. The molecule has 92 valence electrons. The molecule has 0 atom stereocenters. The summed E-state index contributed by atoms with van der Waals surface area (Å²) in [4.78, 5) is 12.0. The number of halogens is 1. The van der Waals surface area contributed by atoms with Crippen LogP contribution in [0.1, 0.15) is 18.4 Å². The van der Waals surface area contributed by atoms with Crippen LogP contribution in [0.4, 0.5) is 10.1 Å². The van der Waals surface area contributed by atoms with Gasteiger partial charge in [0.05, 0.1) is 5.41 Å². The van der Waals surface area contributed by atoms with Gasteiger partial charge < -0.3 is 10.6 Å². The first-order valence-corrected chi connectivity index (χ1v) is 5.80. The smallest absolute Gasteiger partial charge is 0.231 e. The summed E-state index contributed by atoms with van der Waals surface area (Å²) >= 11 is 0. The lowest BCUT2D eigenvalue weighted by Crippen LogP contribution is -2.32. The molecule has 0 radical (unpaired) electrons. The van der Waals surface area contributed by atoms with Crippen molar-refractivity contribution in [3.8, 4) is 0 Å². The second kappa shape index (κ2) is 4.45. The highest BCUT2D eigenvalue weighted by atomic mass is 19.1. The van der Waals surface area contributed by atoms with Crippen molar-refractivity contribution in [1.82, 2.24) is 5.32 Å². The van der Waals surface area contributed by atoms with Gasteiger partial charge in [0.1, 0.15) is 5.82 Å². The fraction of sp³-hybridized carbons (Fsp3) is 0.462. The van der Waals surface area contributed by atoms with Crippen LogP contribution in [-0.2, 0) is 4.79 Å². The van der Waals surface area contributed by atoms with Gasteiger partial charge in [0, 0.05) is 12.2 Å². The summed E-state index contributed by atoms with van der Waals surface area (Å²) < 4.78 is 13.1. The Morgan fingerprint density at radius 2 is 2.18 bits per heavy atom. The van der Waals surface area contributed by atoms with Crippen LogP contribution < -0.4 is 10.6 Å². The van der Waals surface area contributed by atoms with Gasteiger partial charge in [-0.2, -0.15) is 0 Å². The van der Waals surface area contributed by atoms with E-state index < -0.39 is 0 Å². The van der Waals surface area contributed by atoms with E-state index in [1.807, 2.05) is 7.05 Å². The van der Waals surface area contributed by atoms with Gasteiger partial charge in [-0.05, 0) is 50.6 Å². The largest absolute Gasteiger partial charge is 0.326 e. The molecule has 1 fully saturated rings. The van der Waals surface area contributed by atoms with E-state index >= 15 is 0 Å². The second-order valence-electron chi connectivity index (χ2n) is 4.73. The van der Waals surface area contributed by atoms with Crippen LogP contribution in [0.5, 0.6) is 0 Å². The zero-order valence-electron chi connectivity index (χ0n) is 10.1. The number of nitrogens with one attached hydrogen (secondary N) is 2. The SMILES string of the molecule is CNCC1(C(=O)Nc2ccc(F)c(C)c2)CC1. The van der Waals surface area contributed by atoms with Crippen LogP contribution in [0.15, 0.2) is 18.2 Å². The summed E-state index contributed by atoms with van der Waals surface area (Å²) in [5.41, 5.74) is 0.953. The lowest BCUT2D eigenvalue weighted by molar-refractivity contribution is -0.120. The van der Waals surface area contributed by atoms with Crippen LogP contribution >= 0.6 is 0 Å². The Morgan fingerprint density at radius 3 is 2.71 bits per heavy atom. The normalized spacial score (nSPS) is 16.6. The third-order valence-electron chi connectivity index (χ3n) is 3.27. The second-order valence-corrected chi connectivity index (χ2v) is 4.73. The van der Waals surface area contributed by atoms with E-state index in [1.54, 1.807) is 19.1 Å². The molecule has 1 aliphatic carbocycles. The number of anilines is 1. The molecule has 1 aromatic carbocycles. The number of carbonyl (C=O) groups excluding carboxylic acids is 1. The van der Waals surface area contributed by atoms with Gasteiger partial charge in [-0.25, -0.2) is 4.39 Å². The molecule has 0 aromatic heterocycles. The monoisotopic (exact) mass is 236 g/mol. The summed E-state index contributed by atoms with van der Waals surface area (Å²) in [5.74, 6) is -0.225. The summed E-state index contributed by atoms with van der Waals surface area (Å²) in [5, 5.41) is 5.89. The van der Waals surface area contributed by atoms with Crippen molar-refractivity contribution in [1.29, 1.82) is 0 Å². The molecule has 0 spiro atoms. The molecule has 2 rings (SSSR count). The molecule has 1 saturated carbocycles. The number of benzene rings is 1. The van der Waals surface area contributed by atoms with Gasteiger partial charge in [-0.3, -0.25) is 4.79 Å². The molecule has 1 aromatic rings. The Labute approximate surface area is 100 Å². The maximum atomic E-state index is 13.1. The average Bonchev–Trinajstić information content (AvgIpc) is 3.05. The minimum Gasteiger partial charge on any atom is -0.326 e. The predicted molar refractivity (Wildman–Crippen MR) is 65.4 cm³/mol. The zero-order chi connectivity index (χ0) is 12.5. The van der Waals surface area contributed by atoms with Gasteiger partial charge in [-0.1, -0.05) is 0 Å². The minimum absolute atomic E-state index is 0.0258. The van der Waals surface area contributed by atoms with Crippen molar-refractivity contribution in [2.45, 2.75) is 19.8 Å². The molecule has 17 heavy (non-hydrogen) atoms. The van der Waals surface area contributed by atoms with Crippen molar-refractivity contribution in [2.24, 2.45) is 5.41 Å². The van der Waals surface area contributed by atoms with Crippen molar-refractivity contribution < 1.29 is 9.18 Å². The topological polar surface area (TPSA) is 41.1 Å². The van der Waals surface area contributed by atoms with Gasteiger partial charge in [-0.15, -0.1) is 0 Å². The molecule has 4 heteroatoms. The van der Waals surface area contributed by atoms with Crippen molar-refractivity contribution in [3.05, 3.63) is 29.6 Å². The first-order chi connectivity index (χ1) is 8.07. The third kappa shape index (κ3) is 2.47. The quantitative estimate of drug-likeness (QED) is 0.840. The zero-order valence-corrected chi connectivity index (χ0v) is 10.1. The van der Waals surface area contributed by atoms with Crippen LogP contribution in [-0.4, -0.2) is 19.5 Å². The van der Waals surface area contributed by atoms with Crippen LogP contribution in [0.3, 0.4) is 0 Å². The summed E-state index contributed by atoms with van der Waals surface area (Å²) in [6, 6.07) is 4.63. The fourth-order valence-electron chi connectivity index (χ4n) is 1.96. The lowest BCUT2D eigenvalue weighted by atomic mass is 10.1. The Kier molecular flexibility index (Phi) is 3.15. The van der Waals surface area contributed by atoms with Gasteiger partial charge in [0.2, 0.25) is 5.91 Å². The van der Waals surface area contributed by atoms with Crippen molar-refractivity contribution >= 4 is 11.6 Å². The first kappa shape index (κ1) is 12.0. The highest BCUT2D eigenvalue weighted by Gasteiger charge is 2.49. The molecule has 0 heterocycles. The highest BCUT2D eigenvalue weighted by molar-refractivity contribution is 5.97. The summed E-state index contributed by atoms with van der Waals surface area (Å²) in [6.07, 6.45) is 1.83. The molecule has 0 unspecified atom stereocenters.